The van der Waals surface area contributed by atoms with E-state index in [0.717, 1.165) is 13.0 Å². The van der Waals surface area contributed by atoms with Crippen molar-refractivity contribution >= 4 is 8.32 Å². The maximum Gasteiger partial charge on any atom is 0.192 e. The van der Waals surface area contributed by atoms with Crippen LogP contribution in [0.15, 0.2) is 30.3 Å². The zero-order valence-corrected chi connectivity index (χ0v) is 19.5. The Morgan fingerprint density at radius 2 is 1.33 bits per heavy atom. The third-order valence-corrected chi connectivity index (χ3v) is 10.7. The molecule has 1 aromatic rings. The second-order valence-electron chi connectivity index (χ2n) is 7.77. The lowest BCUT2D eigenvalue weighted by molar-refractivity contribution is 0.0242. The number of rotatable bonds is 17. The first-order valence-corrected chi connectivity index (χ1v) is 14.0. The highest BCUT2D eigenvalue weighted by Gasteiger charge is 2.28. The summed E-state index contributed by atoms with van der Waals surface area (Å²) in [4.78, 5) is 0. The predicted octanol–water partition coefficient (Wildman–Crippen LogP) is 7.91. The van der Waals surface area contributed by atoms with Crippen molar-refractivity contribution < 1.29 is 9.16 Å². The van der Waals surface area contributed by atoms with E-state index in [0.29, 0.717) is 6.61 Å². The van der Waals surface area contributed by atoms with Gasteiger partial charge in [-0.2, -0.15) is 0 Å². The second kappa shape index (κ2) is 15.3. The van der Waals surface area contributed by atoms with Crippen molar-refractivity contribution in [1.29, 1.82) is 0 Å². The number of benzene rings is 1. The van der Waals surface area contributed by atoms with Crippen LogP contribution in [-0.2, 0) is 9.16 Å². The lowest BCUT2D eigenvalue weighted by Crippen LogP contribution is -2.36. The monoisotopic (exact) mass is 392 g/mol. The fourth-order valence-corrected chi connectivity index (χ4v) is 6.43. The molecule has 1 unspecified atom stereocenters. The third-order valence-electron chi connectivity index (χ3n) is 5.98. The number of hydrogen-bond acceptors (Lipinski definition) is 2. The molecule has 0 saturated heterocycles. The fourth-order valence-electron chi connectivity index (χ4n) is 3.81. The lowest BCUT2D eigenvalue weighted by atomic mass is 10.0. The number of ether oxygens (including phenoxy) is 1. The highest BCUT2D eigenvalue weighted by molar-refractivity contribution is 6.73. The molecule has 0 radical (unpaired) electrons. The summed E-state index contributed by atoms with van der Waals surface area (Å²) in [5, 5.41) is 0. The quantitative estimate of drug-likeness (QED) is 0.198. The van der Waals surface area contributed by atoms with Crippen LogP contribution in [0.5, 0.6) is 0 Å². The lowest BCUT2D eigenvalue weighted by Gasteiger charge is -2.28. The van der Waals surface area contributed by atoms with Crippen molar-refractivity contribution in [1.82, 2.24) is 0 Å². The second-order valence-corrected chi connectivity index (χ2v) is 12.5. The van der Waals surface area contributed by atoms with Gasteiger partial charge in [0.1, 0.15) is 0 Å². The van der Waals surface area contributed by atoms with E-state index in [9.17, 15) is 0 Å². The van der Waals surface area contributed by atoms with Gasteiger partial charge < -0.3 is 9.16 Å². The van der Waals surface area contributed by atoms with Crippen molar-refractivity contribution in [3.63, 3.8) is 0 Å². The van der Waals surface area contributed by atoms with Gasteiger partial charge in [0.25, 0.3) is 0 Å². The normalized spacial score (nSPS) is 13.0. The van der Waals surface area contributed by atoms with Crippen molar-refractivity contribution in [2.24, 2.45) is 0 Å². The first kappa shape index (κ1) is 24.4. The van der Waals surface area contributed by atoms with Gasteiger partial charge in [-0.1, -0.05) is 103 Å². The first-order chi connectivity index (χ1) is 13.2. The summed E-state index contributed by atoms with van der Waals surface area (Å²) in [6, 6.07) is 14.4. The molecule has 0 amide bonds. The van der Waals surface area contributed by atoms with Gasteiger partial charge in [-0.05, 0) is 30.1 Å². The SMILES string of the molecule is CCCCCCCCCC(OCCO[Si](CC)(CC)CC)c1ccccc1. The minimum atomic E-state index is -1.50. The Kier molecular flexibility index (Phi) is 13.8. The summed E-state index contributed by atoms with van der Waals surface area (Å²) in [6.07, 6.45) is 10.8. The Morgan fingerprint density at radius 1 is 0.741 bits per heavy atom. The van der Waals surface area contributed by atoms with Crippen LogP contribution in [0.25, 0.3) is 0 Å². The summed E-state index contributed by atoms with van der Waals surface area (Å²) in [6.45, 7) is 10.6. The van der Waals surface area contributed by atoms with Crippen LogP contribution in [0.2, 0.25) is 18.1 Å². The molecule has 0 aromatic heterocycles. The zero-order chi connectivity index (χ0) is 19.8. The molecule has 0 bridgehead atoms. The van der Waals surface area contributed by atoms with E-state index in [2.05, 4.69) is 58.0 Å². The maximum atomic E-state index is 6.36. The van der Waals surface area contributed by atoms with Crippen LogP contribution in [-0.4, -0.2) is 21.5 Å². The molecule has 2 nitrogen and oxygen atoms in total. The smallest absolute Gasteiger partial charge is 0.192 e. The van der Waals surface area contributed by atoms with Crippen molar-refractivity contribution in [2.75, 3.05) is 13.2 Å². The molecule has 156 valence electrons. The van der Waals surface area contributed by atoms with Crippen molar-refractivity contribution in [3.8, 4) is 0 Å². The summed E-state index contributed by atoms with van der Waals surface area (Å²) >= 11 is 0. The highest BCUT2D eigenvalue weighted by atomic mass is 28.4. The summed E-state index contributed by atoms with van der Waals surface area (Å²) in [7, 11) is -1.50. The topological polar surface area (TPSA) is 18.5 Å². The molecule has 0 aliphatic rings. The van der Waals surface area contributed by atoms with E-state index in [1.807, 2.05) is 0 Å². The minimum absolute atomic E-state index is 0.214. The van der Waals surface area contributed by atoms with Gasteiger partial charge in [-0.15, -0.1) is 0 Å². The molecule has 0 aliphatic heterocycles. The highest BCUT2D eigenvalue weighted by Crippen LogP contribution is 2.25. The van der Waals surface area contributed by atoms with E-state index < -0.39 is 8.32 Å². The molecular formula is C24H44O2Si. The van der Waals surface area contributed by atoms with Crippen LogP contribution in [0, 0.1) is 0 Å². The number of hydrogen-bond donors (Lipinski definition) is 0. The molecule has 27 heavy (non-hydrogen) atoms. The molecule has 0 fully saturated rings. The van der Waals surface area contributed by atoms with Gasteiger partial charge in [-0.25, -0.2) is 0 Å². The van der Waals surface area contributed by atoms with E-state index >= 15 is 0 Å². The first-order valence-electron chi connectivity index (χ1n) is 11.5. The van der Waals surface area contributed by atoms with Gasteiger partial charge >= 0.3 is 0 Å². The van der Waals surface area contributed by atoms with E-state index in [-0.39, 0.29) is 6.10 Å². The van der Waals surface area contributed by atoms with Crippen LogP contribution in [0.1, 0.15) is 90.7 Å². The van der Waals surface area contributed by atoms with E-state index in [1.165, 1.54) is 68.6 Å². The third kappa shape index (κ3) is 9.91. The van der Waals surface area contributed by atoms with Gasteiger partial charge in [0.2, 0.25) is 0 Å². The standard InChI is InChI=1S/C24H44O2Si/c1-5-9-10-11-12-13-17-20-24(23-18-15-14-16-19-23)25-21-22-26-27(6-2,7-3)8-4/h14-16,18-19,24H,5-13,17,20-22H2,1-4H3. The molecule has 0 aliphatic carbocycles. The van der Waals surface area contributed by atoms with Gasteiger partial charge in [0.05, 0.1) is 19.3 Å². The molecule has 0 heterocycles. The van der Waals surface area contributed by atoms with E-state index in [1.54, 1.807) is 0 Å². The Labute approximate surface area is 170 Å². The van der Waals surface area contributed by atoms with Crippen molar-refractivity contribution in [2.45, 2.75) is 103 Å². The van der Waals surface area contributed by atoms with Crippen LogP contribution in [0.3, 0.4) is 0 Å². The molecule has 0 N–H and O–H groups in total. The number of unbranched alkanes of at least 4 members (excludes halogenated alkanes) is 6. The largest absolute Gasteiger partial charge is 0.414 e. The molecule has 3 heteroatoms. The van der Waals surface area contributed by atoms with Crippen LogP contribution < -0.4 is 0 Å². The molecular weight excluding hydrogens is 348 g/mol. The van der Waals surface area contributed by atoms with Crippen LogP contribution >= 0.6 is 0 Å². The average Bonchev–Trinajstić information content (AvgIpc) is 2.73. The predicted molar refractivity (Wildman–Crippen MR) is 121 cm³/mol. The van der Waals surface area contributed by atoms with Crippen molar-refractivity contribution in [3.05, 3.63) is 35.9 Å². The zero-order valence-electron chi connectivity index (χ0n) is 18.5. The molecule has 1 aromatic carbocycles. The minimum Gasteiger partial charge on any atom is -0.414 e. The molecule has 0 saturated carbocycles. The van der Waals surface area contributed by atoms with E-state index in [4.69, 9.17) is 9.16 Å². The average molecular weight is 393 g/mol. The summed E-state index contributed by atoms with van der Waals surface area (Å²) in [5.74, 6) is 0. The fraction of sp³-hybridized carbons (Fsp3) is 0.750. The Balaban J connectivity index is 2.39. The van der Waals surface area contributed by atoms with Gasteiger partial charge in [0.15, 0.2) is 8.32 Å². The van der Waals surface area contributed by atoms with Gasteiger partial charge in [-0.3, -0.25) is 0 Å². The Hall–Kier alpha value is -0.643. The Bertz CT molecular complexity index is 437. The summed E-state index contributed by atoms with van der Waals surface area (Å²) < 4.78 is 12.7. The maximum absolute atomic E-state index is 6.36. The molecule has 1 atom stereocenters. The Morgan fingerprint density at radius 3 is 1.93 bits per heavy atom. The molecule has 1 rings (SSSR count). The van der Waals surface area contributed by atoms with Crippen LogP contribution in [0.4, 0.5) is 0 Å². The summed E-state index contributed by atoms with van der Waals surface area (Å²) in [5.41, 5.74) is 1.31. The molecule has 0 spiro atoms. The van der Waals surface area contributed by atoms with Gasteiger partial charge in [0, 0.05) is 0 Å².